The van der Waals surface area contributed by atoms with Gasteiger partial charge in [0, 0.05) is 58.9 Å². The maximum atomic E-state index is 5.02. The molecule has 0 aliphatic heterocycles. The predicted molar refractivity (Wildman–Crippen MR) is 308 cm³/mol. The summed E-state index contributed by atoms with van der Waals surface area (Å²) in [5.74, 6) is 112. The van der Waals surface area contributed by atoms with Crippen LogP contribution < -0.4 is 0 Å². The molecule has 0 radical (unpaired) electrons. The normalized spacial score (nSPS) is 16.1. The molecule has 4 unspecified atom stereocenters. The number of rotatable bonds is 3. The van der Waals surface area contributed by atoms with Gasteiger partial charge in [0.15, 0.2) is 0 Å². The minimum atomic E-state index is -2.01. The molecule has 0 amide bonds. The lowest BCUT2D eigenvalue weighted by atomic mass is 9.73. The van der Waals surface area contributed by atoms with Gasteiger partial charge in [-0.05, 0) is 275 Å². The van der Waals surface area contributed by atoms with Crippen molar-refractivity contribution in [2.75, 3.05) is 0 Å². The molecule has 0 bridgehead atoms. The van der Waals surface area contributed by atoms with Crippen molar-refractivity contribution in [3.63, 3.8) is 0 Å². The van der Waals surface area contributed by atoms with Gasteiger partial charge in [-0.25, -0.2) is 0 Å². The number of fused-ring (bicyclic) bond motifs is 4. The predicted octanol–water partition coefficient (Wildman–Crippen LogP) is 7.88. The molecule has 4 aliphatic carbocycles. The highest BCUT2D eigenvalue weighted by Crippen LogP contribution is 2.61. The first-order chi connectivity index (χ1) is 36.6. The molecule has 2 heteroatoms. The van der Waals surface area contributed by atoms with E-state index in [1.807, 2.05) is 6.07 Å². The van der Waals surface area contributed by atoms with E-state index in [0.29, 0.717) is 29.3 Å². The van der Waals surface area contributed by atoms with Crippen LogP contribution in [0.5, 0.6) is 0 Å². The molecule has 2 saturated carbocycles. The molecule has 0 spiro atoms. The fourth-order valence-corrected chi connectivity index (χ4v) is 15.5. The lowest BCUT2D eigenvalue weighted by Crippen LogP contribution is -2.64. The minimum absolute atomic E-state index is 0.0821. The Kier molecular flexibility index (Phi) is 21.6. The summed E-state index contributed by atoms with van der Waals surface area (Å²) >= 11 is 0. The molecule has 0 N–H and O–H groups in total. The summed E-state index contributed by atoms with van der Waals surface area (Å²) < 4.78 is 3.03. The van der Waals surface area contributed by atoms with Crippen LogP contribution in [0.4, 0.5) is 0 Å². The van der Waals surface area contributed by atoms with E-state index in [4.69, 9.17) is 12.8 Å². The first-order valence-electron chi connectivity index (χ1n) is 23.9. The number of terminal acetylenes is 2. The van der Waals surface area contributed by atoms with Crippen molar-refractivity contribution in [1.82, 2.24) is 4.57 Å². The van der Waals surface area contributed by atoms with E-state index in [-0.39, 0.29) is 5.54 Å². The smallest absolute Gasteiger partial charge is 0.144 e. The summed E-state index contributed by atoms with van der Waals surface area (Å²) in [5, 5.41) is 0. The number of nitrogens with zero attached hydrogens (tertiary/aromatic N) is 1. The second-order valence-electron chi connectivity index (χ2n) is 18.2. The summed E-state index contributed by atoms with van der Waals surface area (Å²) in [6, 6.07) is 9.08. The van der Waals surface area contributed by atoms with Gasteiger partial charge in [0.2, 0.25) is 0 Å². The zero-order chi connectivity index (χ0) is 53.5. The Morgan fingerprint density at radius 3 is 1.21 bits per heavy atom. The van der Waals surface area contributed by atoms with E-state index in [1.165, 1.54) is 44.1 Å². The molecule has 1 aromatic carbocycles. The van der Waals surface area contributed by atoms with Gasteiger partial charge in [0.25, 0.3) is 0 Å². The molecule has 4 aliphatic rings. The van der Waals surface area contributed by atoms with E-state index < -0.39 is 13.7 Å². The quantitative estimate of drug-likeness (QED) is 0.221. The van der Waals surface area contributed by atoms with Crippen molar-refractivity contribution in [2.24, 2.45) is 17.8 Å². The molecular weight excluding hydrogens is 919 g/mol. The molecule has 5 rings (SSSR count). The van der Waals surface area contributed by atoms with Crippen LogP contribution in [-0.2, 0) is 5.41 Å². The topological polar surface area (TPSA) is 3.24 Å². The maximum absolute atomic E-state index is 5.02. The van der Waals surface area contributed by atoms with E-state index in [0.717, 1.165) is 16.7 Å². The van der Waals surface area contributed by atoms with E-state index in [2.05, 4.69) is 324 Å². The Balaban J connectivity index is 1.45. The summed E-state index contributed by atoms with van der Waals surface area (Å²) in [5.41, 5.74) is 4.09. The average Bonchev–Trinajstić information content (AvgIpc) is 3.94. The third kappa shape index (κ3) is 16.4. The Morgan fingerprint density at radius 1 is 0.480 bits per heavy atom. The monoisotopic (exact) mass is 961 g/mol. The second kappa shape index (κ2) is 29.4. The van der Waals surface area contributed by atoms with Gasteiger partial charge in [-0.15, -0.1) is 12.8 Å². The molecule has 0 saturated heterocycles. The van der Waals surface area contributed by atoms with Crippen LogP contribution in [0.25, 0.3) is 5.57 Å². The van der Waals surface area contributed by atoms with Crippen molar-refractivity contribution in [1.29, 1.82) is 0 Å². The Hall–Kier alpha value is -10.8. The van der Waals surface area contributed by atoms with Crippen molar-refractivity contribution < 1.29 is 0 Å². The van der Waals surface area contributed by atoms with E-state index >= 15 is 0 Å². The van der Waals surface area contributed by atoms with Gasteiger partial charge in [-0.2, -0.15) is 0 Å². The van der Waals surface area contributed by atoms with Crippen LogP contribution in [0.1, 0.15) is 77.3 Å². The van der Waals surface area contributed by atoms with Crippen LogP contribution in [0, 0.1) is 279 Å². The van der Waals surface area contributed by atoms with Gasteiger partial charge in [0.1, 0.15) is 13.7 Å². The molecule has 1 aromatic rings. The fourth-order valence-electron chi connectivity index (χ4n) is 10.0. The van der Waals surface area contributed by atoms with Crippen LogP contribution >= 0.6 is 0 Å². The fraction of sp³-hybridized carbons (Fsp3) is 0.260. The molecule has 2 fully saturated rings. The number of hydrogen-bond acceptors (Lipinski definition) is 1. The van der Waals surface area contributed by atoms with Gasteiger partial charge in [-0.3, -0.25) is 0 Å². The highest BCUT2D eigenvalue weighted by atomic mass is 28.3. The summed E-state index contributed by atoms with van der Waals surface area (Å²) in [6.07, 6.45) is 22.9. The number of allylic oxidation sites excluding steroid dienone is 4. The molecule has 1 nitrogen and oxygen atoms in total. The first kappa shape index (κ1) is 55.1. The molecule has 0 aromatic heterocycles. The average molecular weight is 962 g/mol. The van der Waals surface area contributed by atoms with Gasteiger partial charge < -0.3 is 4.57 Å². The molecule has 4 atom stereocenters. The highest BCUT2D eigenvalue weighted by molar-refractivity contribution is 6.76. The highest BCUT2D eigenvalue weighted by Gasteiger charge is 2.56. The maximum Gasteiger partial charge on any atom is 0.144 e. The van der Waals surface area contributed by atoms with Crippen LogP contribution in [0.2, 0.25) is 18.6 Å². The van der Waals surface area contributed by atoms with Crippen LogP contribution in [-0.4, -0.2) is 24.4 Å². The standard InChI is InChI=1S/C73H43NSi/c1-9-11-13-15-17-19-21-23-25-27-29-31-33-35-37-39-41-43-45-52-58-73(59-53-46-44-42-40-38-36-34-32-30-28-26-24-22-20-18-16-14-12-10-2)69-57-51-50-56-65(69)67-61-68-66(62-70(67)73)63(3)60-71(68)75(7,8)74(72(4,5)6)64-54-48-47-49-55-64/h1-2,50-51,56-57,61-64,66,68,71H,47-49,54-55,60H2,3-8H3. The third-order valence-electron chi connectivity index (χ3n) is 12.3. The summed E-state index contributed by atoms with van der Waals surface area (Å²) in [4.78, 5) is 0. The second-order valence-corrected chi connectivity index (χ2v) is 22.7. The Morgan fingerprint density at radius 2 is 0.840 bits per heavy atom. The van der Waals surface area contributed by atoms with Gasteiger partial charge in [0.05, 0.1) is 0 Å². The van der Waals surface area contributed by atoms with Crippen molar-refractivity contribution in [3.05, 3.63) is 53.1 Å². The zero-order valence-electron chi connectivity index (χ0n) is 42.7. The summed E-state index contributed by atoms with van der Waals surface area (Å²) in [6.45, 7) is 15.0. The SMILES string of the molecule is C#CC#CC#CC#CC#CC#CC#CC#CC#CC#CC#CC1(C#CC#CC#CC#CC#CC#CC#CC#CC#CC#CC#C)C2=CC3C(C)CC([Si](C)(C)N(C4CCCCC4)C(C)(C)C)C3C=C2c2ccccc21. The number of hydrogen-bond donors (Lipinski definition) is 0. The summed E-state index contributed by atoms with van der Waals surface area (Å²) in [7, 11) is -2.01. The molecule has 0 heterocycles. The zero-order valence-corrected chi connectivity index (χ0v) is 43.7. The molecular formula is C73H43NSi. The van der Waals surface area contributed by atoms with E-state index in [1.54, 1.807) is 0 Å². The minimum Gasteiger partial charge on any atom is -0.316 e. The largest absolute Gasteiger partial charge is 0.316 e. The number of benzene rings is 1. The molecule has 344 valence electrons. The first-order valence-corrected chi connectivity index (χ1v) is 26.9. The Bertz CT molecular complexity index is 3860. The van der Waals surface area contributed by atoms with Crippen LogP contribution in [0.15, 0.2) is 42.0 Å². The lowest BCUT2D eigenvalue weighted by molar-refractivity contribution is 0.140. The van der Waals surface area contributed by atoms with Crippen molar-refractivity contribution in [2.45, 2.75) is 102 Å². The van der Waals surface area contributed by atoms with Gasteiger partial charge >= 0.3 is 0 Å². The third-order valence-corrected chi connectivity index (χ3v) is 17.0. The van der Waals surface area contributed by atoms with Crippen molar-refractivity contribution >= 4 is 13.8 Å². The van der Waals surface area contributed by atoms with Crippen LogP contribution in [0.3, 0.4) is 0 Å². The van der Waals surface area contributed by atoms with Crippen molar-refractivity contribution in [3.8, 4) is 262 Å². The Labute approximate surface area is 450 Å². The van der Waals surface area contributed by atoms with E-state index in [9.17, 15) is 0 Å². The molecule has 75 heavy (non-hydrogen) atoms. The lowest BCUT2D eigenvalue weighted by Gasteiger charge is -2.55. The van der Waals surface area contributed by atoms with Gasteiger partial charge in [-0.1, -0.05) is 87.5 Å².